The second-order valence-electron chi connectivity index (χ2n) is 5.77. The van der Waals surface area contributed by atoms with Crippen molar-refractivity contribution in [3.8, 4) is 11.5 Å². The van der Waals surface area contributed by atoms with Gasteiger partial charge in [0, 0.05) is 6.07 Å². The lowest BCUT2D eigenvalue weighted by Crippen LogP contribution is -2.08. The lowest BCUT2D eigenvalue weighted by atomic mass is 10.0. The van der Waals surface area contributed by atoms with Gasteiger partial charge in [-0.3, -0.25) is 4.79 Å². The highest BCUT2D eigenvalue weighted by Gasteiger charge is 2.31. The number of benzene rings is 2. The van der Waals surface area contributed by atoms with Gasteiger partial charge in [0.2, 0.25) is 5.78 Å². The first kappa shape index (κ1) is 15.9. The van der Waals surface area contributed by atoms with E-state index in [0.29, 0.717) is 22.6 Å². The van der Waals surface area contributed by atoms with Gasteiger partial charge in [0.25, 0.3) is 0 Å². The van der Waals surface area contributed by atoms with E-state index in [-0.39, 0.29) is 17.1 Å². The third-order valence-corrected chi connectivity index (χ3v) is 3.66. The highest BCUT2D eigenvalue weighted by atomic mass is 19.1. The van der Waals surface area contributed by atoms with Crippen LogP contribution in [0.5, 0.6) is 11.5 Å². The van der Waals surface area contributed by atoms with Crippen molar-refractivity contribution in [2.75, 3.05) is 0 Å². The molecule has 1 heterocycles. The molecule has 4 nitrogen and oxygen atoms in total. The number of ether oxygens (including phenoxy) is 2. The Hall–Kier alpha value is -2.95. The Kier molecular flexibility index (Phi) is 3.93. The quantitative estimate of drug-likeness (QED) is 0.471. The highest BCUT2D eigenvalue weighted by Crippen LogP contribution is 2.37. The molecule has 0 bridgehead atoms. The minimum Gasteiger partial charge on any atom is -0.452 e. The molecule has 2 aromatic carbocycles. The Balaban J connectivity index is 1.90. The Morgan fingerprint density at radius 2 is 1.79 bits per heavy atom. The molecular formula is C19H15FO4. The van der Waals surface area contributed by atoms with Gasteiger partial charge in [-0.05, 0) is 62.2 Å². The van der Waals surface area contributed by atoms with E-state index in [1.165, 1.54) is 30.3 Å². The first-order valence-corrected chi connectivity index (χ1v) is 7.39. The summed E-state index contributed by atoms with van der Waals surface area (Å²) in [5.41, 5.74) is 2.15. The van der Waals surface area contributed by atoms with E-state index in [1.54, 1.807) is 26.8 Å². The fraction of sp³-hybridized carbons (Fsp3) is 0.158. The summed E-state index contributed by atoms with van der Waals surface area (Å²) in [5, 5.41) is 0. The lowest BCUT2D eigenvalue weighted by Gasteiger charge is -2.08. The number of carbonyl (C=O) groups is 2. The van der Waals surface area contributed by atoms with Crippen molar-refractivity contribution in [3.05, 3.63) is 70.2 Å². The Labute approximate surface area is 138 Å². The fourth-order valence-electron chi connectivity index (χ4n) is 2.50. The summed E-state index contributed by atoms with van der Waals surface area (Å²) in [4.78, 5) is 24.4. The molecular weight excluding hydrogens is 311 g/mol. The zero-order chi connectivity index (χ0) is 17.4. The van der Waals surface area contributed by atoms with E-state index >= 15 is 0 Å². The first-order valence-electron chi connectivity index (χ1n) is 7.39. The Morgan fingerprint density at radius 1 is 1.12 bits per heavy atom. The Bertz CT molecular complexity index is 875. The number of Topliss-reactive ketones (excluding diaryl/α,β-unsaturated/α-hetero) is 1. The van der Waals surface area contributed by atoms with Crippen LogP contribution in [0.3, 0.4) is 0 Å². The van der Waals surface area contributed by atoms with Gasteiger partial charge in [0.1, 0.15) is 17.3 Å². The molecule has 3 rings (SSSR count). The first-order chi connectivity index (χ1) is 11.4. The van der Waals surface area contributed by atoms with Gasteiger partial charge in [0.05, 0.1) is 11.1 Å². The van der Waals surface area contributed by atoms with Crippen molar-refractivity contribution >= 4 is 11.8 Å². The summed E-state index contributed by atoms with van der Waals surface area (Å²) in [6, 6.07) is 8.19. The molecule has 0 amide bonds. The van der Waals surface area contributed by atoms with Crippen molar-refractivity contribution in [1.29, 1.82) is 0 Å². The van der Waals surface area contributed by atoms with Crippen molar-refractivity contribution in [3.63, 3.8) is 0 Å². The van der Waals surface area contributed by atoms with Crippen LogP contribution in [0, 0.1) is 12.7 Å². The summed E-state index contributed by atoms with van der Waals surface area (Å²) < 4.78 is 23.8. The fourth-order valence-corrected chi connectivity index (χ4v) is 2.50. The molecule has 0 spiro atoms. The van der Waals surface area contributed by atoms with E-state index in [9.17, 15) is 14.0 Å². The van der Waals surface area contributed by atoms with Gasteiger partial charge in [0.15, 0.2) is 5.76 Å². The number of allylic oxidation sites excluding steroid dienone is 2. The molecule has 0 unspecified atom stereocenters. The van der Waals surface area contributed by atoms with Crippen LogP contribution < -0.4 is 9.47 Å². The van der Waals surface area contributed by atoms with Gasteiger partial charge in [-0.1, -0.05) is 0 Å². The van der Waals surface area contributed by atoms with Gasteiger partial charge < -0.3 is 9.47 Å². The molecule has 0 N–H and O–H groups in total. The zero-order valence-corrected chi connectivity index (χ0v) is 13.5. The topological polar surface area (TPSA) is 52.6 Å². The van der Waals surface area contributed by atoms with Crippen LogP contribution in [-0.2, 0) is 0 Å². The minimum atomic E-state index is -0.610. The number of carbonyl (C=O) groups excluding carboxylic acids is 2. The SMILES string of the molecule is CC(C)=C1Oc2cc(OC(=O)c3ccc(F)cc3)cc(C)c2C1=O. The van der Waals surface area contributed by atoms with Crippen molar-refractivity contribution in [1.82, 2.24) is 0 Å². The van der Waals surface area contributed by atoms with Crippen molar-refractivity contribution in [2.45, 2.75) is 20.8 Å². The number of halogens is 1. The lowest BCUT2D eigenvalue weighted by molar-refractivity contribution is 0.0734. The molecule has 0 fully saturated rings. The maximum Gasteiger partial charge on any atom is 0.343 e. The molecule has 1 aliphatic rings. The van der Waals surface area contributed by atoms with Crippen LogP contribution in [0.1, 0.15) is 40.1 Å². The smallest absolute Gasteiger partial charge is 0.343 e. The number of hydrogen-bond acceptors (Lipinski definition) is 4. The number of aryl methyl sites for hydroxylation is 1. The second-order valence-corrected chi connectivity index (χ2v) is 5.77. The molecule has 24 heavy (non-hydrogen) atoms. The summed E-state index contributed by atoms with van der Waals surface area (Å²) in [5.74, 6) is -0.266. The van der Waals surface area contributed by atoms with Gasteiger partial charge in [-0.25, -0.2) is 9.18 Å². The molecule has 0 aliphatic carbocycles. The molecule has 122 valence electrons. The highest BCUT2D eigenvalue weighted by molar-refractivity contribution is 6.13. The normalized spacial score (nSPS) is 12.7. The third kappa shape index (κ3) is 2.80. The minimum absolute atomic E-state index is 0.168. The molecule has 1 aliphatic heterocycles. The number of hydrogen-bond donors (Lipinski definition) is 0. The number of fused-ring (bicyclic) bond motifs is 1. The number of ketones is 1. The molecule has 2 aromatic rings. The van der Waals surface area contributed by atoms with Gasteiger partial charge in [-0.2, -0.15) is 0 Å². The average molecular weight is 326 g/mol. The van der Waals surface area contributed by atoms with E-state index in [4.69, 9.17) is 9.47 Å². The van der Waals surface area contributed by atoms with E-state index in [1.807, 2.05) is 0 Å². The monoisotopic (exact) mass is 326 g/mol. The van der Waals surface area contributed by atoms with Crippen molar-refractivity contribution in [2.24, 2.45) is 0 Å². The van der Waals surface area contributed by atoms with Crippen LogP contribution in [-0.4, -0.2) is 11.8 Å². The summed E-state index contributed by atoms with van der Waals surface area (Å²) in [7, 11) is 0. The van der Waals surface area contributed by atoms with Crippen LogP contribution in [0.15, 0.2) is 47.7 Å². The standard InChI is InChI=1S/C19H15FO4/c1-10(2)18-17(21)16-11(3)8-14(9-15(16)24-18)23-19(22)12-4-6-13(20)7-5-12/h4-9H,1-3H3. The second kappa shape index (κ2) is 5.92. The third-order valence-electron chi connectivity index (χ3n) is 3.66. The predicted octanol–water partition coefficient (Wildman–Crippen LogP) is 4.22. The Morgan fingerprint density at radius 3 is 2.42 bits per heavy atom. The molecule has 0 saturated carbocycles. The summed E-state index contributed by atoms with van der Waals surface area (Å²) >= 11 is 0. The largest absolute Gasteiger partial charge is 0.452 e. The maximum atomic E-state index is 12.9. The molecule has 0 atom stereocenters. The predicted molar refractivity (Wildman–Crippen MR) is 85.9 cm³/mol. The number of esters is 1. The van der Waals surface area contributed by atoms with Crippen molar-refractivity contribution < 1.29 is 23.5 Å². The van der Waals surface area contributed by atoms with Crippen LogP contribution in [0.2, 0.25) is 0 Å². The molecule has 0 aromatic heterocycles. The van der Waals surface area contributed by atoms with E-state index in [0.717, 1.165) is 5.57 Å². The van der Waals surface area contributed by atoms with Crippen LogP contribution in [0.25, 0.3) is 0 Å². The average Bonchev–Trinajstić information content (AvgIpc) is 2.85. The van der Waals surface area contributed by atoms with E-state index < -0.39 is 11.8 Å². The zero-order valence-electron chi connectivity index (χ0n) is 13.5. The van der Waals surface area contributed by atoms with E-state index in [2.05, 4.69) is 0 Å². The molecule has 0 radical (unpaired) electrons. The van der Waals surface area contributed by atoms with Crippen LogP contribution >= 0.6 is 0 Å². The number of rotatable bonds is 2. The van der Waals surface area contributed by atoms with Gasteiger partial charge >= 0.3 is 5.97 Å². The molecule has 5 heteroatoms. The summed E-state index contributed by atoms with van der Waals surface area (Å²) in [6.45, 7) is 5.34. The maximum absolute atomic E-state index is 12.9. The van der Waals surface area contributed by atoms with Gasteiger partial charge in [-0.15, -0.1) is 0 Å². The summed E-state index contributed by atoms with van der Waals surface area (Å²) in [6.07, 6.45) is 0. The van der Waals surface area contributed by atoms with Crippen LogP contribution in [0.4, 0.5) is 4.39 Å². The molecule has 0 saturated heterocycles.